The van der Waals surface area contributed by atoms with Crippen molar-refractivity contribution in [3.8, 4) is 11.5 Å². The van der Waals surface area contributed by atoms with Crippen molar-refractivity contribution >= 4 is 68.9 Å². The molecule has 0 aromatic heterocycles. The Hall–Kier alpha value is -4.24. The van der Waals surface area contributed by atoms with Gasteiger partial charge in [-0.3, -0.25) is 9.59 Å². The average molecular weight is 590 g/mol. The molecule has 1 atom stereocenters. The first-order valence-electron chi connectivity index (χ1n) is 12.1. The topological polar surface area (TPSA) is 106 Å². The Labute approximate surface area is 245 Å². The standard InChI is InChI=1S/C30H22Cl2N4O3S/c31-20-14-9-15-21(32)26(20)36-28(37)24-25(33)27(40-30(24)34-18-10-3-1-4-11-18)29(38)35-22-16-7-8-17-23(22)39-19-12-5-2-6-13-19/h1-17,27H,33H2,(H,35,38)(H,36,37)/t27-/m1/s1. The quantitative estimate of drug-likeness (QED) is 0.208. The molecule has 0 unspecified atom stereocenters. The van der Waals surface area contributed by atoms with Gasteiger partial charge in [0, 0.05) is 5.70 Å². The van der Waals surface area contributed by atoms with E-state index in [4.69, 9.17) is 33.7 Å². The van der Waals surface area contributed by atoms with Crippen LogP contribution in [-0.4, -0.2) is 22.1 Å². The van der Waals surface area contributed by atoms with E-state index in [9.17, 15) is 9.59 Å². The van der Waals surface area contributed by atoms with Crippen LogP contribution in [-0.2, 0) is 9.59 Å². The third-order valence-corrected chi connectivity index (χ3v) is 7.64. The second kappa shape index (κ2) is 12.3. The average Bonchev–Trinajstić information content (AvgIpc) is 3.28. The maximum absolute atomic E-state index is 13.5. The summed E-state index contributed by atoms with van der Waals surface area (Å²) >= 11 is 13.6. The predicted molar refractivity (Wildman–Crippen MR) is 163 cm³/mol. The number of nitrogens with one attached hydrogen (secondary N) is 2. The Kier molecular flexibility index (Phi) is 8.40. The molecule has 0 saturated carbocycles. The van der Waals surface area contributed by atoms with Gasteiger partial charge in [-0.25, -0.2) is 4.99 Å². The van der Waals surface area contributed by atoms with Crippen LogP contribution in [0.4, 0.5) is 17.1 Å². The molecular formula is C30H22Cl2N4O3S. The highest BCUT2D eigenvalue weighted by Crippen LogP contribution is 2.38. The largest absolute Gasteiger partial charge is 0.455 e. The summed E-state index contributed by atoms with van der Waals surface area (Å²) < 4.78 is 5.97. The van der Waals surface area contributed by atoms with Crippen molar-refractivity contribution in [2.75, 3.05) is 10.6 Å². The van der Waals surface area contributed by atoms with Crippen molar-refractivity contribution in [3.63, 3.8) is 0 Å². The minimum Gasteiger partial charge on any atom is -0.455 e. The number of hydrogen-bond acceptors (Lipinski definition) is 6. The van der Waals surface area contributed by atoms with Crippen molar-refractivity contribution in [2.45, 2.75) is 5.25 Å². The molecule has 5 rings (SSSR count). The molecule has 40 heavy (non-hydrogen) atoms. The van der Waals surface area contributed by atoms with Gasteiger partial charge in [-0.15, -0.1) is 0 Å². The fourth-order valence-corrected chi connectivity index (χ4v) is 5.49. The molecule has 0 spiro atoms. The molecule has 4 N–H and O–H groups in total. The number of amides is 2. The molecule has 4 aromatic rings. The normalized spacial score (nSPS) is 15.7. The highest BCUT2D eigenvalue weighted by atomic mass is 35.5. The van der Waals surface area contributed by atoms with Gasteiger partial charge in [0.25, 0.3) is 5.91 Å². The van der Waals surface area contributed by atoms with Crippen molar-refractivity contribution in [2.24, 2.45) is 10.7 Å². The molecule has 0 fully saturated rings. The first-order chi connectivity index (χ1) is 19.4. The molecule has 0 radical (unpaired) electrons. The zero-order chi connectivity index (χ0) is 28.1. The Balaban J connectivity index is 1.45. The van der Waals surface area contributed by atoms with Crippen molar-refractivity contribution in [1.29, 1.82) is 0 Å². The summed E-state index contributed by atoms with van der Waals surface area (Å²) in [6, 6.07) is 30.2. The van der Waals surface area contributed by atoms with Gasteiger partial charge in [0.1, 0.15) is 16.0 Å². The highest BCUT2D eigenvalue weighted by molar-refractivity contribution is 8.16. The van der Waals surface area contributed by atoms with Crippen LogP contribution in [0.25, 0.3) is 0 Å². The van der Waals surface area contributed by atoms with Gasteiger partial charge < -0.3 is 21.1 Å². The number of para-hydroxylation sites is 5. The zero-order valence-electron chi connectivity index (χ0n) is 20.8. The van der Waals surface area contributed by atoms with Gasteiger partial charge in [-0.1, -0.05) is 89.6 Å². The summed E-state index contributed by atoms with van der Waals surface area (Å²) in [6.45, 7) is 0. The van der Waals surface area contributed by atoms with Gasteiger partial charge in [-0.05, 0) is 48.5 Å². The minimum absolute atomic E-state index is 0.0549. The number of hydrogen-bond donors (Lipinski definition) is 3. The van der Waals surface area contributed by atoms with Gasteiger partial charge in [-0.2, -0.15) is 0 Å². The second-order valence-corrected chi connectivity index (χ2v) is 10.4. The lowest BCUT2D eigenvalue weighted by Gasteiger charge is -2.15. The molecule has 0 aliphatic carbocycles. The van der Waals surface area contributed by atoms with E-state index >= 15 is 0 Å². The summed E-state index contributed by atoms with van der Waals surface area (Å²) in [6.07, 6.45) is 0. The number of halogens is 2. The van der Waals surface area contributed by atoms with Crippen LogP contribution in [0.15, 0.2) is 119 Å². The van der Waals surface area contributed by atoms with Gasteiger partial charge >= 0.3 is 0 Å². The molecule has 1 aliphatic heterocycles. The fraction of sp³-hybridized carbons (Fsp3) is 0.0333. The van der Waals surface area contributed by atoms with Crippen LogP contribution >= 0.6 is 35.0 Å². The van der Waals surface area contributed by atoms with Crippen LogP contribution in [0.3, 0.4) is 0 Å². The molecule has 200 valence electrons. The van der Waals surface area contributed by atoms with Crippen LogP contribution in [0, 0.1) is 0 Å². The maximum atomic E-state index is 13.5. The Morgan fingerprint density at radius 2 is 1.43 bits per heavy atom. The smallest absolute Gasteiger partial charge is 0.260 e. The van der Waals surface area contributed by atoms with E-state index in [-0.39, 0.29) is 27.0 Å². The molecule has 0 bridgehead atoms. The third-order valence-electron chi connectivity index (χ3n) is 5.78. The number of carbonyl (C=O) groups is 2. The molecule has 2 amide bonds. The lowest BCUT2D eigenvalue weighted by atomic mass is 10.1. The Morgan fingerprint density at radius 1 is 0.800 bits per heavy atom. The highest BCUT2D eigenvalue weighted by Gasteiger charge is 2.39. The van der Waals surface area contributed by atoms with Gasteiger partial charge in [0.05, 0.1) is 32.7 Å². The van der Waals surface area contributed by atoms with E-state index in [2.05, 4.69) is 15.6 Å². The summed E-state index contributed by atoms with van der Waals surface area (Å²) in [5, 5.41) is 5.49. The number of rotatable bonds is 7. The second-order valence-electron chi connectivity index (χ2n) is 8.53. The van der Waals surface area contributed by atoms with Crippen LogP contribution in [0.2, 0.25) is 10.0 Å². The van der Waals surface area contributed by atoms with Crippen LogP contribution < -0.4 is 21.1 Å². The zero-order valence-corrected chi connectivity index (χ0v) is 23.1. The summed E-state index contributed by atoms with van der Waals surface area (Å²) in [5.41, 5.74) is 7.88. The number of nitrogens with zero attached hydrogens (tertiary/aromatic N) is 1. The molecule has 4 aromatic carbocycles. The van der Waals surface area contributed by atoms with Crippen molar-refractivity contribution in [1.82, 2.24) is 0 Å². The Morgan fingerprint density at radius 3 is 2.12 bits per heavy atom. The van der Waals surface area contributed by atoms with E-state index in [0.29, 0.717) is 27.9 Å². The lowest BCUT2D eigenvalue weighted by molar-refractivity contribution is -0.115. The van der Waals surface area contributed by atoms with E-state index < -0.39 is 17.1 Å². The number of thioether (sulfide) groups is 1. The molecule has 7 nitrogen and oxygen atoms in total. The number of aliphatic imine (C=N–C) groups is 1. The van der Waals surface area contributed by atoms with Gasteiger partial charge in [0.15, 0.2) is 5.75 Å². The fourth-order valence-electron chi connectivity index (χ4n) is 3.88. The van der Waals surface area contributed by atoms with Crippen LogP contribution in [0.1, 0.15) is 0 Å². The molecule has 1 heterocycles. The first kappa shape index (κ1) is 27.3. The monoisotopic (exact) mass is 588 g/mol. The van der Waals surface area contributed by atoms with Crippen LogP contribution in [0.5, 0.6) is 11.5 Å². The maximum Gasteiger partial charge on any atom is 0.260 e. The third kappa shape index (κ3) is 6.15. The molecular weight excluding hydrogens is 567 g/mol. The molecule has 10 heteroatoms. The molecule has 1 aliphatic rings. The lowest BCUT2D eigenvalue weighted by Crippen LogP contribution is -2.29. The number of benzene rings is 4. The summed E-state index contributed by atoms with van der Waals surface area (Å²) in [5.74, 6) is 0.0502. The first-order valence-corrected chi connectivity index (χ1v) is 13.7. The van der Waals surface area contributed by atoms with E-state index in [0.717, 1.165) is 11.8 Å². The Bertz CT molecular complexity index is 1610. The van der Waals surface area contributed by atoms with E-state index in [1.165, 1.54) is 0 Å². The SMILES string of the molecule is NC1=C(C(=O)Nc2c(Cl)cccc2Cl)C(=Nc2ccccc2)S[C@H]1C(=O)Nc1ccccc1Oc1ccccc1. The van der Waals surface area contributed by atoms with Crippen molar-refractivity contribution in [3.05, 3.63) is 124 Å². The predicted octanol–water partition coefficient (Wildman–Crippen LogP) is 7.42. The van der Waals surface area contributed by atoms with Gasteiger partial charge in [0.2, 0.25) is 5.91 Å². The van der Waals surface area contributed by atoms with E-state index in [1.54, 1.807) is 54.6 Å². The summed E-state index contributed by atoms with van der Waals surface area (Å²) in [7, 11) is 0. The number of anilines is 2. The number of nitrogens with two attached hydrogens (primary N) is 1. The molecule has 0 saturated heterocycles. The number of carbonyl (C=O) groups excluding carboxylic acids is 2. The van der Waals surface area contributed by atoms with Crippen molar-refractivity contribution < 1.29 is 14.3 Å². The number of ether oxygens (including phenoxy) is 1. The van der Waals surface area contributed by atoms with E-state index in [1.807, 2.05) is 48.5 Å². The minimum atomic E-state index is -0.935. The summed E-state index contributed by atoms with van der Waals surface area (Å²) in [4.78, 5) is 31.7.